The average molecular weight is 256 g/mol. The van der Waals surface area contributed by atoms with Crippen LogP contribution in [0.15, 0.2) is 24.3 Å². The molecule has 1 atom stereocenters. The fraction of sp³-hybridized carbons (Fsp3) is 0.462. The SMILES string of the molecule is CCCOc1ccccc1NC(=O)C(C)CCl. The molecule has 0 aliphatic rings. The zero-order chi connectivity index (χ0) is 12.7. The van der Waals surface area contributed by atoms with Crippen LogP contribution in [0.4, 0.5) is 5.69 Å². The fourth-order valence-corrected chi connectivity index (χ4v) is 1.37. The van der Waals surface area contributed by atoms with Crippen molar-refractivity contribution in [3.8, 4) is 5.75 Å². The number of ether oxygens (including phenoxy) is 1. The zero-order valence-corrected chi connectivity index (χ0v) is 11.0. The predicted octanol–water partition coefficient (Wildman–Crippen LogP) is 3.29. The monoisotopic (exact) mass is 255 g/mol. The number of carbonyl (C=O) groups is 1. The summed E-state index contributed by atoms with van der Waals surface area (Å²) in [5.74, 6) is 0.706. The summed E-state index contributed by atoms with van der Waals surface area (Å²) in [7, 11) is 0. The highest BCUT2D eigenvalue weighted by atomic mass is 35.5. The molecule has 0 fully saturated rings. The maximum absolute atomic E-state index is 11.7. The van der Waals surface area contributed by atoms with Crippen LogP contribution in [-0.4, -0.2) is 18.4 Å². The van der Waals surface area contributed by atoms with Gasteiger partial charge in [-0.3, -0.25) is 4.79 Å². The van der Waals surface area contributed by atoms with Crippen molar-refractivity contribution < 1.29 is 9.53 Å². The third-order valence-corrected chi connectivity index (χ3v) is 2.75. The van der Waals surface area contributed by atoms with Crippen molar-refractivity contribution in [1.82, 2.24) is 0 Å². The minimum atomic E-state index is -0.212. The smallest absolute Gasteiger partial charge is 0.228 e. The molecule has 0 aromatic heterocycles. The summed E-state index contributed by atoms with van der Waals surface area (Å²) in [6.45, 7) is 4.46. The Kier molecular flexibility index (Phi) is 5.84. The minimum Gasteiger partial charge on any atom is -0.491 e. The summed E-state index contributed by atoms with van der Waals surface area (Å²) in [5, 5.41) is 2.82. The van der Waals surface area contributed by atoms with Crippen LogP contribution in [0.25, 0.3) is 0 Å². The van der Waals surface area contributed by atoms with E-state index in [9.17, 15) is 4.79 Å². The molecule has 0 heterocycles. The Balaban J connectivity index is 2.72. The van der Waals surface area contributed by atoms with Gasteiger partial charge in [-0.2, -0.15) is 0 Å². The molecule has 1 aromatic rings. The van der Waals surface area contributed by atoms with Crippen LogP contribution in [-0.2, 0) is 4.79 Å². The second-order valence-electron chi connectivity index (χ2n) is 3.89. The van der Waals surface area contributed by atoms with Crippen molar-refractivity contribution in [2.45, 2.75) is 20.3 Å². The number of amides is 1. The van der Waals surface area contributed by atoms with Crippen LogP contribution < -0.4 is 10.1 Å². The lowest BCUT2D eigenvalue weighted by Gasteiger charge is -2.13. The van der Waals surface area contributed by atoms with Gasteiger partial charge in [0.25, 0.3) is 0 Å². The number of rotatable bonds is 6. The Morgan fingerprint density at radius 1 is 1.47 bits per heavy atom. The van der Waals surface area contributed by atoms with Crippen LogP contribution in [0, 0.1) is 5.92 Å². The molecule has 4 heteroatoms. The standard InChI is InChI=1S/C13H18ClNO2/c1-3-8-17-12-7-5-4-6-11(12)15-13(16)10(2)9-14/h4-7,10H,3,8-9H2,1-2H3,(H,15,16). The van der Waals surface area contributed by atoms with Gasteiger partial charge in [0, 0.05) is 11.8 Å². The molecule has 17 heavy (non-hydrogen) atoms. The summed E-state index contributed by atoms with van der Waals surface area (Å²) in [6.07, 6.45) is 0.931. The summed E-state index contributed by atoms with van der Waals surface area (Å²) >= 11 is 5.64. The number of nitrogens with one attached hydrogen (secondary N) is 1. The first-order valence-corrected chi connectivity index (χ1v) is 6.31. The number of halogens is 1. The first-order chi connectivity index (χ1) is 8.19. The van der Waals surface area contributed by atoms with Crippen LogP contribution >= 0.6 is 11.6 Å². The van der Waals surface area contributed by atoms with Crippen LogP contribution in [0.1, 0.15) is 20.3 Å². The van der Waals surface area contributed by atoms with Gasteiger partial charge in [0.15, 0.2) is 0 Å². The average Bonchev–Trinajstić information content (AvgIpc) is 2.36. The van der Waals surface area contributed by atoms with Crippen LogP contribution in [0.2, 0.25) is 0 Å². The van der Waals surface area contributed by atoms with Gasteiger partial charge in [-0.05, 0) is 18.6 Å². The molecular formula is C13H18ClNO2. The van der Waals surface area contributed by atoms with E-state index >= 15 is 0 Å². The molecule has 1 amide bonds. The first kappa shape index (κ1) is 13.8. The van der Waals surface area contributed by atoms with E-state index in [1.165, 1.54) is 0 Å². The predicted molar refractivity (Wildman–Crippen MR) is 70.7 cm³/mol. The lowest BCUT2D eigenvalue weighted by Crippen LogP contribution is -2.21. The van der Waals surface area contributed by atoms with Gasteiger partial charge < -0.3 is 10.1 Å². The Hall–Kier alpha value is -1.22. The van der Waals surface area contributed by atoms with Gasteiger partial charge in [-0.15, -0.1) is 11.6 Å². The van der Waals surface area contributed by atoms with Crippen molar-refractivity contribution in [3.63, 3.8) is 0 Å². The normalized spacial score (nSPS) is 11.9. The second-order valence-corrected chi connectivity index (χ2v) is 4.20. The largest absolute Gasteiger partial charge is 0.491 e. The minimum absolute atomic E-state index is 0.0902. The summed E-state index contributed by atoms with van der Waals surface area (Å²) in [4.78, 5) is 11.7. The van der Waals surface area contributed by atoms with E-state index in [-0.39, 0.29) is 11.8 Å². The van der Waals surface area contributed by atoms with E-state index in [1.54, 1.807) is 6.92 Å². The summed E-state index contributed by atoms with van der Waals surface area (Å²) in [6, 6.07) is 7.41. The molecule has 0 radical (unpaired) electrons. The Bertz CT molecular complexity index is 368. The molecule has 1 aromatic carbocycles. The van der Waals surface area contributed by atoms with Crippen molar-refractivity contribution in [3.05, 3.63) is 24.3 Å². The fourth-order valence-electron chi connectivity index (χ4n) is 1.23. The topological polar surface area (TPSA) is 38.3 Å². The molecule has 0 aliphatic heterocycles. The highest BCUT2D eigenvalue weighted by molar-refractivity contribution is 6.19. The summed E-state index contributed by atoms with van der Waals surface area (Å²) < 4.78 is 5.55. The zero-order valence-electron chi connectivity index (χ0n) is 10.2. The Morgan fingerprint density at radius 2 is 2.18 bits per heavy atom. The molecule has 0 saturated carbocycles. The highest BCUT2D eigenvalue weighted by Crippen LogP contribution is 2.24. The molecule has 0 spiro atoms. The quantitative estimate of drug-likeness (QED) is 0.792. The third kappa shape index (κ3) is 4.27. The first-order valence-electron chi connectivity index (χ1n) is 5.77. The van der Waals surface area contributed by atoms with Gasteiger partial charge >= 0.3 is 0 Å². The van der Waals surface area contributed by atoms with E-state index in [2.05, 4.69) is 5.32 Å². The highest BCUT2D eigenvalue weighted by Gasteiger charge is 2.13. The number of hydrogen-bond donors (Lipinski definition) is 1. The summed E-state index contributed by atoms with van der Waals surface area (Å²) in [5.41, 5.74) is 0.697. The van der Waals surface area contributed by atoms with Crippen molar-refractivity contribution in [2.24, 2.45) is 5.92 Å². The lowest BCUT2D eigenvalue weighted by molar-refractivity contribution is -0.118. The molecule has 0 aliphatic carbocycles. The number of hydrogen-bond acceptors (Lipinski definition) is 2. The maximum Gasteiger partial charge on any atom is 0.228 e. The number of alkyl halides is 1. The van der Waals surface area contributed by atoms with Crippen molar-refractivity contribution in [2.75, 3.05) is 17.8 Å². The Morgan fingerprint density at radius 3 is 2.82 bits per heavy atom. The number of para-hydroxylation sites is 2. The van der Waals surface area contributed by atoms with Crippen LogP contribution in [0.3, 0.4) is 0 Å². The van der Waals surface area contributed by atoms with Gasteiger partial charge in [-0.25, -0.2) is 0 Å². The molecule has 1 rings (SSSR count). The second kappa shape index (κ2) is 7.17. The molecule has 1 unspecified atom stereocenters. The Labute approximate surface area is 107 Å². The number of carbonyl (C=O) groups excluding carboxylic acids is 1. The molecule has 3 nitrogen and oxygen atoms in total. The van der Waals surface area contributed by atoms with Gasteiger partial charge in [-0.1, -0.05) is 26.0 Å². The van der Waals surface area contributed by atoms with E-state index < -0.39 is 0 Å². The number of benzene rings is 1. The maximum atomic E-state index is 11.7. The number of anilines is 1. The third-order valence-electron chi connectivity index (χ3n) is 2.29. The van der Waals surface area contributed by atoms with Gasteiger partial charge in [0.2, 0.25) is 5.91 Å². The molecule has 94 valence electrons. The van der Waals surface area contributed by atoms with Gasteiger partial charge in [0.05, 0.1) is 12.3 Å². The lowest BCUT2D eigenvalue weighted by atomic mass is 10.2. The van der Waals surface area contributed by atoms with Crippen LogP contribution in [0.5, 0.6) is 5.75 Å². The molecular weight excluding hydrogens is 238 g/mol. The van der Waals surface area contributed by atoms with E-state index in [1.807, 2.05) is 31.2 Å². The van der Waals surface area contributed by atoms with Crippen molar-refractivity contribution in [1.29, 1.82) is 0 Å². The van der Waals surface area contributed by atoms with Gasteiger partial charge in [0.1, 0.15) is 5.75 Å². The van der Waals surface area contributed by atoms with E-state index in [0.717, 1.165) is 6.42 Å². The molecule has 1 N–H and O–H groups in total. The van der Waals surface area contributed by atoms with E-state index in [4.69, 9.17) is 16.3 Å². The van der Waals surface area contributed by atoms with E-state index in [0.29, 0.717) is 23.9 Å². The molecule has 0 saturated heterocycles. The van der Waals surface area contributed by atoms with Crippen molar-refractivity contribution >= 4 is 23.2 Å². The molecule has 0 bridgehead atoms.